The largest absolute Gasteiger partial charge is 0.383 e. The molecule has 0 bridgehead atoms. The number of hydrogen-bond donors (Lipinski definition) is 1. The van der Waals surface area contributed by atoms with E-state index in [1.165, 1.54) is 0 Å². The Morgan fingerprint density at radius 1 is 1.35 bits per heavy atom. The summed E-state index contributed by atoms with van der Waals surface area (Å²) in [4.78, 5) is 0. The Kier molecular flexibility index (Phi) is 5.43. The van der Waals surface area contributed by atoms with E-state index in [4.69, 9.17) is 27.9 Å². The zero-order chi connectivity index (χ0) is 14.5. The van der Waals surface area contributed by atoms with E-state index in [1.807, 2.05) is 19.3 Å². The lowest BCUT2D eigenvalue weighted by atomic mass is 10.1. The topological polar surface area (TPSA) is 39.1 Å². The highest BCUT2D eigenvalue weighted by molar-refractivity contribution is 6.35. The van der Waals surface area contributed by atoms with Gasteiger partial charge in [-0.05, 0) is 18.2 Å². The summed E-state index contributed by atoms with van der Waals surface area (Å²) in [7, 11) is 3.57. The van der Waals surface area contributed by atoms with Gasteiger partial charge in [-0.2, -0.15) is 5.10 Å². The molecule has 0 radical (unpaired) electrons. The fourth-order valence-corrected chi connectivity index (χ4v) is 2.35. The van der Waals surface area contributed by atoms with Crippen LogP contribution >= 0.6 is 23.2 Å². The van der Waals surface area contributed by atoms with Crippen LogP contribution < -0.4 is 5.32 Å². The van der Waals surface area contributed by atoms with E-state index in [9.17, 15) is 0 Å². The average molecular weight is 314 g/mol. The molecule has 0 amide bonds. The van der Waals surface area contributed by atoms with Crippen molar-refractivity contribution in [2.24, 2.45) is 7.05 Å². The summed E-state index contributed by atoms with van der Waals surface area (Å²) in [5, 5.41) is 9.08. The van der Waals surface area contributed by atoms with Gasteiger partial charge in [0.25, 0.3) is 0 Å². The first-order valence-corrected chi connectivity index (χ1v) is 7.05. The van der Waals surface area contributed by atoms with Crippen molar-refractivity contribution in [1.29, 1.82) is 0 Å². The van der Waals surface area contributed by atoms with Gasteiger partial charge in [-0.25, -0.2) is 0 Å². The quantitative estimate of drug-likeness (QED) is 0.833. The molecule has 0 fully saturated rings. The summed E-state index contributed by atoms with van der Waals surface area (Å²) < 4.78 is 6.79. The fourth-order valence-electron chi connectivity index (χ4n) is 1.97. The maximum absolute atomic E-state index is 6.25. The number of hydrogen-bond acceptors (Lipinski definition) is 3. The standard InChI is InChI=1S/C14H17Cl2N3O/c1-19-9-10(8-17-5-6-20-2)14(18-19)12-7-11(15)3-4-13(12)16/h3-4,7,9,17H,5-6,8H2,1-2H3. The van der Waals surface area contributed by atoms with Crippen LogP contribution in [-0.4, -0.2) is 30.0 Å². The van der Waals surface area contributed by atoms with E-state index in [-0.39, 0.29) is 0 Å². The normalized spacial score (nSPS) is 11.0. The Labute approximate surface area is 128 Å². The van der Waals surface area contributed by atoms with Crippen molar-refractivity contribution in [3.8, 4) is 11.3 Å². The highest BCUT2D eigenvalue weighted by atomic mass is 35.5. The van der Waals surface area contributed by atoms with Gasteiger partial charge in [0.1, 0.15) is 0 Å². The Bertz CT molecular complexity index is 584. The molecule has 2 rings (SSSR count). The summed E-state index contributed by atoms with van der Waals surface area (Å²) >= 11 is 12.3. The number of ether oxygens (including phenoxy) is 1. The molecule has 20 heavy (non-hydrogen) atoms. The molecule has 0 aliphatic carbocycles. The van der Waals surface area contributed by atoms with Gasteiger partial charge in [0.05, 0.1) is 17.3 Å². The third kappa shape index (κ3) is 3.73. The number of benzene rings is 1. The third-order valence-electron chi connectivity index (χ3n) is 2.89. The Morgan fingerprint density at radius 3 is 2.90 bits per heavy atom. The molecule has 1 aromatic carbocycles. The molecule has 0 spiro atoms. The number of aryl methyl sites for hydroxylation is 1. The monoisotopic (exact) mass is 313 g/mol. The van der Waals surface area contributed by atoms with Crippen molar-refractivity contribution in [2.75, 3.05) is 20.3 Å². The zero-order valence-electron chi connectivity index (χ0n) is 11.5. The molecule has 6 heteroatoms. The molecule has 0 saturated heterocycles. The van der Waals surface area contributed by atoms with E-state index in [0.29, 0.717) is 23.2 Å². The molecule has 0 unspecified atom stereocenters. The van der Waals surface area contributed by atoms with Crippen LogP contribution in [0.3, 0.4) is 0 Å². The highest BCUT2D eigenvalue weighted by Crippen LogP contribution is 2.31. The minimum atomic E-state index is 0.645. The van der Waals surface area contributed by atoms with Crippen molar-refractivity contribution < 1.29 is 4.74 Å². The third-order valence-corrected chi connectivity index (χ3v) is 3.45. The van der Waals surface area contributed by atoms with Crippen LogP contribution in [-0.2, 0) is 18.3 Å². The number of nitrogens with one attached hydrogen (secondary N) is 1. The lowest BCUT2D eigenvalue weighted by Gasteiger charge is -2.06. The lowest BCUT2D eigenvalue weighted by Crippen LogP contribution is -2.18. The zero-order valence-corrected chi connectivity index (χ0v) is 13.0. The molecule has 1 heterocycles. The van der Waals surface area contributed by atoms with Crippen LogP contribution in [0.5, 0.6) is 0 Å². The van der Waals surface area contributed by atoms with Gasteiger partial charge in [-0.3, -0.25) is 4.68 Å². The highest BCUT2D eigenvalue weighted by Gasteiger charge is 2.13. The minimum absolute atomic E-state index is 0.645. The fraction of sp³-hybridized carbons (Fsp3) is 0.357. The number of nitrogens with zero attached hydrogens (tertiary/aromatic N) is 2. The van der Waals surface area contributed by atoms with Gasteiger partial charge < -0.3 is 10.1 Å². The predicted octanol–water partition coefficient (Wildman–Crippen LogP) is 3.13. The van der Waals surface area contributed by atoms with Crippen molar-refractivity contribution in [2.45, 2.75) is 6.54 Å². The maximum Gasteiger partial charge on any atom is 0.0983 e. The first kappa shape index (κ1) is 15.3. The summed E-state index contributed by atoms with van der Waals surface area (Å²) in [5.41, 5.74) is 2.78. The van der Waals surface area contributed by atoms with Crippen molar-refractivity contribution in [1.82, 2.24) is 15.1 Å². The first-order chi connectivity index (χ1) is 9.61. The van der Waals surface area contributed by atoms with Crippen LogP contribution in [0.2, 0.25) is 10.0 Å². The summed E-state index contributed by atoms with van der Waals surface area (Å²) in [6, 6.07) is 5.40. The molecule has 1 aromatic heterocycles. The number of rotatable bonds is 6. The average Bonchev–Trinajstić information content (AvgIpc) is 2.78. The van der Waals surface area contributed by atoms with Crippen molar-refractivity contribution >= 4 is 23.2 Å². The summed E-state index contributed by atoms with van der Waals surface area (Å²) in [6.07, 6.45) is 1.98. The molecule has 0 aliphatic heterocycles. The predicted molar refractivity (Wildman–Crippen MR) is 82.2 cm³/mol. The smallest absolute Gasteiger partial charge is 0.0983 e. The van der Waals surface area contributed by atoms with Gasteiger partial charge in [-0.1, -0.05) is 23.2 Å². The molecule has 108 valence electrons. The number of halogens is 2. The van der Waals surface area contributed by atoms with Crippen LogP contribution in [0.25, 0.3) is 11.3 Å². The second kappa shape index (κ2) is 7.09. The first-order valence-electron chi connectivity index (χ1n) is 6.29. The summed E-state index contributed by atoms with van der Waals surface area (Å²) in [5.74, 6) is 0. The van der Waals surface area contributed by atoms with Crippen LogP contribution in [0.1, 0.15) is 5.56 Å². The molecule has 4 nitrogen and oxygen atoms in total. The van der Waals surface area contributed by atoms with E-state index in [1.54, 1.807) is 23.9 Å². The number of methoxy groups -OCH3 is 1. The van der Waals surface area contributed by atoms with E-state index >= 15 is 0 Å². The minimum Gasteiger partial charge on any atom is -0.383 e. The molecule has 0 atom stereocenters. The van der Waals surface area contributed by atoms with Gasteiger partial charge in [0, 0.05) is 49.6 Å². The lowest BCUT2D eigenvalue weighted by molar-refractivity contribution is 0.199. The molecule has 0 aliphatic rings. The molecule has 2 aromatic rings. The Balaban J connectivity index is 2.25. The molecule has 1 N–H and O–H groups in total. The van der Waals surface area contributed by atoms with Crippen LogP contribution in [0, 0.1) is 0 Å². The van der Waals surface area contributed by atoms with E-state index < -0.39 is 0 Å². The van der Waals surface area contributed by atoms with Crippen molar-refractivity contribution in [3.05, 3.63) is 40.0 Å². The number of aromatic nitrogens is 2. The maximum atomic E-state index is 6.25. The molecular weight excluding hydrogens is 297 g/mol. The summed E-state index contributed by atoms with van der Waals surface area (Å²) in [6.45, 7) is 2.16. The van der Waals surface area contributed by atoms with Crippen LogP contribution in [0.15, 0.2) is 24.4 Å². The Hall–Kier alpha value is -1.07. The second-order valence-electron chi connectivity index (χ2n) is 4.47. The second-order valence-corrected chi connectivity index (χ2v) is 5.31. The molecular formula is C14H17Cl2N3O. The van der Waals surface area contributed by atoms with Gasteiger partial charge in [0.15, 0.2) is 0 Å². The van der Waals surface area contributed by atoms with Gasteiger partial charge in [-0.15, -0.1) is 0 Å². The van der Waals surface area contributed by atoms with E-state index in [2.05, 4.69) is 10.4 Å². The van der Waals surface area contributed by atoms with E-state index in [0.717, 1.165) is 23.4 Å². The van der Waals surface area contributed by atoms with Crippen LogP contribution in [0.4, 0.5) is 0 Å². The van der Waals surface area contributed by atoms with Gasteiger partial charge >= 0.3 is 0 Å². The van der Waals surface area contributed by atoms with Crippen molar-refractivity contribution in [3.63, 3.8) is 0 Å². The van der Waals surface area contributed by atoms with Gasteiger partial charge in [0.2, 0.25) is 0 Å². The Morgan fingerprint density at radius 2 is 2.15 bits per heavy atom. The molecule has 0 saturated carbocycles. The SMILES string of the molecule is COCCNCc1cn(C)nc1-c1cc(Cl)ccc1Cl.